The van der Waals surface area contributed by atoms with E-state index in [0.717, 1.165) is 0 Å². The van der Waals surface area contributed by atoms with Crippen molar-refractivity contribution in [2.45, 2.75) is 19.3 Å². The fraction of sp³-hybridized carbons (Fsp3) is 0.0667. The molecule has 0 radical (unpaired) electrons. The third-order valence-corrected chi connectivity index (χ3v) is 9.96. The maximum absolute atomic E-state index is 2.53. The Hall–Kier alpha value is -5.66. The summed E-state index contributed by atoms with van der Waals surface area (Å²) < 4.78 is 2.53. The predicted molar refractivity (Wildman–Crippen MR) is 195 cm³/mol. The molecule has 218 valence electrons. The second kappa shape index (κ2) is 10.2. The second-order valence-corrected chi connectivity index (χ2v) is 13.0. The van der Waals surface area contributed by atoms with E-state index in [9.17, 15) is 0 Å². The molecule has 0 atom stereocenters. The lowest BCUT2D eigenvalue weighted by molar-refractivity contribution is 0.664. The smallest absolute Gasteiger partial charge is 0.0588 e. The van der Waals surface area contributed by atoms with Gasteiger partial charge in [0.15, 0.2) is 0 Å². The molecule has 0 fully saturated rings. The normalized spacial score (nSPS) is 13.2. The quantitative estimate of drug-likeness (QED) is 0.193. The zero-order chi connectivity index (χ0) is 30.8. The van der Waals surface area contributed by atoms with Crippen LogP contribution >= 0.6 is 0 Å². The lowest BCUT2D eigenvalue weighted by Gasteiger charge is -2.24. The summed E-state index contributed by atoms with van der Waals surface area (Å²) in [5.41, 5.74) is 16.4. The molecular formula is C45H33N. The average Bonchev–Trinajstić information content (AvgIpc) is 3.57. The summed E-state index contributed by atoms with van der Waals surface area (Å²) in [4.78, 5) is 0. The average molecular weight is 588 g/mol. The molecule has 0 N–H and O–H groups in total. The molecule has 1 aliphatic rings. The fourth-order valence-corrected chi connectivity index (χ4v) is 7.77. The number of rotatable bonds is 4. The van der Waals surface area contributed by atoms with Crippen LogP contribution in [0.3, 0.4) is 0 Å². The first-order valence-electron chi connectivity index (χ1n) is 16.1. The van der Waals surface area contributed by atoms with Crippen molar-refractivity contribution in [2.24, 2.45) is 0 Å². The van der Waals surface area contributed by atoms with E-state index in [-0.39, 0.29) is 5.41 Å². The minimum Gasteiger partial charge on any atom is -0.309 e. The Morgan fingerprint density at radius 3 is 1.65 bits per heavy atom. The third-order valence-electron chi connectivity index (χ3n) is 9.96. The Morgan fingerprint density at radius 2 is 0.957 bits per heavy atom. The van der Waals surface area contributed by atoms with Gasteiger partial charge in [-0.05, 0) is 79.9 Å². The molecule has 1 heteroatoms. The summed E-state index contributed by atoms with van der Waals surface area (Å²) >= 11 is 0. The highest BCUT2D eigenvalue weighted by Gasteiger charge is 2.38. The first kappa shape index (κ1) is 26.7. The Morgan fingerprint density at radius 1 is 0.413 bits per heavy atom. The lowest BCUT2D eigenvalue weighted by Crippen LogP contribution is -2.16. The van der Waals surface area contributed by atoms with Gasteiger partial charge in [-0.15, -0.1) is 0 Å². The standard InChI is InChI=1S/C45H33N/c1-45(2)41-19-11-9-17-37(41)39-25-26-40-38-18-10-12-20-42(38)46(44(40)43(39)45)36-28-34(31-15-7-4-8-16-31)27-35(29-36)33-23-21-32(22-24-33)30-13-5-3-6-14-30/h3-29H,1-2H3. The van der Waals surface area contributed by atoms with Crippen molar-refractivity contribution in [3.8, 4) is 50.2 Å². The number of nitrogens with zero attached hydrogens (tertiary/aromatic N) is 1. The number of para-hydroxylation sites is 1. The molecule has 0 bridgehead atoms. The molecule has 7 aromatic carbocycles. The predicted octanol–water partition coefficient (Wildman–Crippen LogP) is 12.1. The van der Waals surface area contributed by atoms with Gasteiger partial charge in [0.1, 0.15) is 0 Å². The van der Waals surface area contributed by atoms with Crippen molar-refractivity contribution >= 4 is 21.8 Å². The summed E-state index contributed by atoms with van der Waals surface area (Å²) in [5.74, 6) is 0. The first-order chi connectivity index (χ1) is 22.6. The van der Waals surface area contributed by atoms with Gasteiger partial charge < -0.3 is 4.57 Å². The Bertz CT molecular complexity index is 2410. The monoisotopic (exact) mass is 587 g/mol. The largest absolute Gasteiger partial charge is 0.309 e. The van der Waals surface area contributed by atoms with Gasteiger partial charge >= 0.3 is 0 Å². The molecule has 0 aliphatic heterocycles. The van der Waals surface area contributed by atoms with E-state index < -0.39 is 0 Å². The molecule has 1 nitrogen and oxygen atoms in total. The number of hydrogen-bond donors (Lipinski definition) is 0. The Labute approximate surface area is 270 Å². The Kier molecular flexibility index (Phi) is 5.92. The molecular weight excluding hydrogens is 555 g/mol. The van der Waals surface area contributed by atoms with Crippen LogP contribution in [0, 0.1) is 0 Å². The summed E-state index contributed by atoms with van der Waals surface area (Å²) in [6.07, 6.45) is 0. The van der Waals surface area contributed by atoms with E-state index >= 15 is 0 Å². The fourth-order valence-electron chi connectivity index (χ4n) is 7.77. The van der Waals surface area contributed by atoms with Crippen LogP contribution in [-0.4, -0.2) is 4.57 Å². The van der Waals surface area contributed by atoms with Gasteiger partial charge in [-0.1, -0.05) is 153 Å². The number of fused-ring (bicyclic) bond motifs is 7. The van der Waals surface area contributed by atoms with Crippen LogP contribution in [0.15, 0.2) is 164 Å². The van der Waals surface area contributed by atoms with Gasteiger partial charge in [-0.25, -0.2) is 0 Å². The number of hydrogen-bond acceptors (Lipinski definition) is 0. The van der Waals surface area contributed by atoms with Gasteiger partial charge in [0.2, 0.25) is 0 Å². The minimum absolute atomic E-state index is 0.134. The van der Waals surface area contributed by atoms with E-state index in [1.807, 2.05) is 0 Å². The highest BCUT2D eigenvalue weighted by atomic mass is 15.0. The first-order valence-corrected chi connectivity index (χ1v) is 16.1. The minimum atomic E-state index is -0.134. The van der Waals surface area contributed by atoms with Crippen molar-refractivity contribution < 1.29 is 0 Å². The maximum Gasteiger partial charge on any atom is 0.0588 e. The third kappa shape index (κ3) is 4.02. The lowest BCUT2D eigenvalue weighted by atomic mass is 9.81. The molecule has 9 rings (SSSR count). The van der Waals surface area contributed by atoms with Crippen molar-refractivity contribution in [1.29, 1.82) is 0 Å². The molecule has 46 heavy (non-hydrogen) atoms. The topological polar surface area (TPSA) is 4.93 Å². The molecule has 0 spiro atoms. The van der Waals surface area contributed by atoms with Crippen LogP contribution in [0.25, 0.3) is 72.0 Å². The second-order valence-electron chi connectivity index (χ2n) is 13.0. The summed E-state index contributed by atoms with van der Waals surface area (Å²) in [5, 5.41) is 2.58. The van der Waals surface area contributed by atoms with E-state index in [4.69, 9.17) is 0 Å². The zero-order valence-electron chi connectivity index (χ0n) is 26.0. The zero-order valence-corrected chi connectivity index (χ0v) is 26.0. The molecule has 1 aromatic heterocycles. The summed E-state index contributed by atoms with van der Waals surface area (Å²) in [6.45, 7) is 4.78. The molecule has 0 saturated carbocycles. The van der Waals surface area contributed by atoms with Gasteiger partial charge in [-0.3, -0.25) is 0 Å². The Balaban J connectivity index is 1.33. The summed E-state index contributed by atoms with van der Waals surface area (Å²) in [6, 6.07) is 60.0. The molecule has 8 aromatic rings. The van der Waals surface area contributed by atoms with Crippen LogP contribution in [0.2, 0.25) is 0 Å². The van der Waals surface area contributed by atoms with E-state index in [1.165, 1.54) is 83.1 Å². The molecule has 0 saturated heterocycles. The van der Waals surface area contributed by atoms with Crippen molar-refractivity contribution in [1.82, 2.24) is 4.57 Å². The van der Waals surface area contributed by atoms with Gasteiger partial charge in [-0.2, -0.15) is 0 Å². The van der Waals surface area contributed by atoms with Crippen LogP contribution in [0.5, 0.6) is 0 Å². The van der Waals surface area contributed by atoms with Crippen molar-refractivity contribution in [3.63, 3.8) is 0 Å². The number of benzene rings is 7. The molecule has 0 amide bonds. The van der Waals surface area contributed by atoms with Gasteiger partial charge in [0.05, 0.1) is 11.0 Å². The van der Waals surface area contributed by atoms with Gasteiger partial charge in [0, 0.05) is 21.9 Å². The van der Waals surface area contributed by atoms with Crippen LogP contribution in [0.1, 0.15) is 25.0 Å². The summed E-state index contributed by atoms with van der Waals surface area (Å²) in [7, 11) is 0. The van der Waals surface area contributed by atoms with Gasteiger partial charge in [0.25, 0.3) is 0 Å². The van der Waals surface area contributed by atoms with E-state index in [0.29, 0.717) is 0 Å². The van der Waals surface area contributed by atoms with Crippen molar-refractivity contribution in [3.05, 3.63) is 175 Å². The molecule has 1 heterocycles. The van der Waals surface area contributed by atoms with Crippen molar-refractivity contribution in [2.75, 3.05) is 0 Å². The van der Waals surface area contributed by atoms with Crippen LogP contribution < -0.4 is 0 Å². The molecule has 1 aliphatic carbocycles. The van der Waals surface area contributed by atoms with Crippen LogP contribution in [-0.2, 0) is 5.41 Å². The van der Waals surface area contributed by atoms with Crippen LogP contribution in [0.4, 0.5) is 0 Å². The highest BCUT2D eigenvalue weighted by Crippen LogP contribution is 2.53. The molecule has 0 unspecified atom stereocenters. The highest BCUT2D eigenvalue weighted by molar-refractivity contribution is 6.13. The van der Waals surface area contributed by atoms with E-state index in [1.54, 1.807) is 0 Å². The van der Waals surface area contributed by atoms with E-state index in [2.05, 4.69) is 182 Å². The SMILES string of the molecule is CC1(C)c2ccccc2-c2ccc3c4ccccc4n(-c4cc(-c5ccccc5)cc(-c5ccc(-c6ccccc6)cc5)c4)c3c21. The maximum atomic E-state index is 2.53. The number of aromatic nitrogens is 1.